The van der Waals surface area contributed by atoms with Crippen LogP contribution in [0.25, 0.3) is 0 Å². The lowest BCUT2D eigenvalue weighted by atomic mass is 9.81. The van der Waals surface area contributed by atoms with Crippen molar-refractivity contribution in [1.29, 1.82) is 0 Å². The minimum absolute atomic E-state index is 0.266. The molecule has 0 spiro atoms. The predicted molar refractivity (Wildman–Crippen MR) is 86.9 cm³/mol. The predicted octanol–water partition coefficient (Wildman–Crippen LogP) is 1.70. The summed E-state index contributed by atoms with van der Waals surface area (Å²) in [6.45, 7) is 5.20. The zero-order valence-corrected chi connectivity index (χ0v) is 13.5. The van der Waals surface area contributed by atoms with Crippen LogP contribution in [-0.4, -0.2) is 58.6 Å². The molecule has 0 aromatic carbocycles. The molecule has 0 radical (unpaired) electrons. The van der Waals surface area contributed by atoms with Crippen LogP contribution >= 0.6 is 0 Å². The maximum absolute atomic E-state index is 12.1. The molecule has 1 aromatic rings. The first-order chi connectivity index (χ1) is 11.2. The average molecular weight is 315 g/mol. The lowest BCUT2D eigenvalue weighted by Crippen LogP contribution is -2.41. The van der Waals surface area contributed by atoms with Crippen molar-refractivity contribution >= 4 is 5.97 Å². The minimum Gasteiger partial charge on any atom is -0.481 e. The number of hydrogen-bond donors (Lipinski definition) is 1. The van der Waals surface area contributed by atoms with Crippen molar-refractivity contribution in [3.8, 4) is 0 Å². The first-order valence-electron chi connectivity index (χ1n) is 8.73. The molecular weight excluding hydrogens is 290 g/mol. The van der Waals surface area contributed by atoms with Crippen LogP contribution in [0.2, 0.25) is 0 Å². The number of hydrogen-bond acceptors (Lipinski definition) is 4. The Balaban J connectivity index is 1.43. The van der Waals surface area contributed by atoms with Gasteiger partial charge in [-0.25, -0.2) is 0 Å². The number of rotatable bonds is 5. The highest BCUT2D eigenvalue weighted by Crippen LogP contribution is 2.44. The Morgan fingerprint density at radius 2 is 1.91 bits per heavy atom. The van der Waals surface area contributed by atoms with E-state index in [1.807, 2.05) is 12.1 Å². The third-order valence-electron chi connectivity index (χ3n) is 6.07. The van der Waals surface area contributed by atoms with Gasteiger partial charge in [0.2, 0.25) is 0 Å². The lowest BCUT2D eigenvalue weighted by molar-refractivity contribution is -0.149. The molecule has 1 aromatic heterocycles. The fourth-order valence-electron chi connectivity index (χ4n) is 4.62. The fourth-order valence-corrected chi connectivity index (χ4v) is 4.62. The highest BCUT2D eigenvalue weighted by Gasteiger charge is 2.57. The minimum atomic E-state index is -0.601. The topological polar surface area (TPSA) is 56.7 Å². The molecule has 1 aliphatic carbocycles. The molecule has 2 atom stereocenters. The molecule has 1 N–H and O–H groups in total. The molecule has 3 fully saturated rings. The van der Waals surface area contributed by atoms with Gasteiger partial charge in [0.25, 0.3) is 0 Å². The van der Waals surface area contributed by atoms with E-state index in [1.54, 1.807) is 12.4 Å². The van der Waals surface area contributed by atoms with E-state index in [1.165, 1.54) is 24.8 Å². The van der Waals surface area contributed by atoms with E-state index in [0.717, 1.165) is 38.6 Å². The zero-order chi connectivity index (χ0) is 15.9. The number of nitrogens with zero attached hydrogens (tertiary/aromatic N) is 3. The van der Waals surface area contributed by atoms with Crippen molar-refractivity contribution in [3.05, 3.63) is 30.1 Å². The Kier molecular flexibility index (Phi) is 3.85. The van der Waals surface area contributed by atoms with Crippen molar-refractivity contribution in [1.82, 2.24) is 14.8 Å². The van der Waals surface area contributed by atoms with Crippen LogP contribution in [0, 0.1) is 17.3 Å². The quantitative estimate of drug-likeness (QED) is 0.896. The fraction of sp³-hybridized carbons (Fsp3) is 0.667. The number of carboxylic acids is 1. The van der Waals surface area contributed by atoms with Crippen LogP contribution in [0.1, 0.15) is 24.8 Å². The normalized spacial score (nSPS) is 31.9. The second-order valence-electron chi connectivity index (χ2n) is 7.67. The van der Waals surface area contributed by atoms with Crippen molar-refractivity contribution in [2.45, 2.75) is 25.8 Å². The Hall–Kier alpha value is -1.46. The van der Waals surface area contributed by atoms with Gasteiger partial charge in [-0.3, -0.25) is 14.7 Å². The van der Waals surface area contributed by atoms with E-state index in [9.17, 15) is 9.90 Å². The van der Waals surface area contributed by atoms with Gasteiger partial charge in [0.15, 0.2) is 0 Å². The van der Waals surface area contributed by atoms with Gasteiger partial charge in [-0.05, 0) is 36.5 Å². The summed E-state index contributed by atoms with van der Waals surface area (Å²) in [6.07, 6.45) is 7.62. The third kappa shape index (κ3) is 2.76. The van der Waals surface area contributed by atoms with Crippen molar-refractivity contribution in [2.24, 2.45) is 17.3 Å². The number of aliphatic carboxylic acids is 1. The smallest absolute Gasteiger partial charge is 0.312 e. The van der Waals surface area contributed by atoms with Gasteiger partial charge in [-0.2, -0.15) is 0 Å². The summed E-state index contributed by atoms with van der Waals surface area (Å²) in [6, 6.07) is 4.04. The monoisotopic (exact) mass is 315 g/mol. The first kappa shape index (κ1) is 15.1. The van der Waals surface area contributed by atoms with Crippen molar-refractivity contribution in [2.75, 3.05) is 32.7 Å². The number of carboxylic acid groups (broad SMARTS) is 1. The molecular formula is C18H25N3O2. The molecule has 2 saturated heterocycles. The van der Waals surface area contributed by atoms with E-state index in [-0.39, 0.29) is 5.92 Å². The van der Waals surface area contributed by atoms with E-state index in [0.29, 0.717) is 6.54 Å². The van der Waals surface area contributed by atoms with Gasteiger partial charge in [0.05, 0.1) is 5.41 Å². The summed E-state index contributed by atoms with van der Waals surface area (Å²) in [4.78, 5) is 20.8. The van der Waals surface area contributed by atoms with Gasteiger partial charge < -0.3 is 10.0 Å². The number of pyridine rings is 1. The molecule has 23 heavy (non-hydrogen) atoms. The van der Waals surface area contributed by atoms with Gasteiger partial charge in [-0.15, -0.1) is 0 Å². The van der Waals surface area contributed by atoms with E-state index in [2.05, 4.69) is 14.8 Å². The van der Waals surface area contributed by atoms with E-state index < -0.39 is 11.4 Å². The molecule has 3 heterocycles. The third-order valence-corrected chi connectivity index (χ3v) is 6.07. The number of aromatic nitrogens is 1. The molecule has 0 bridgehead atoms. The lowest BCUT2D eigenvalue weighted by Gasteiger charge is -2.31. The second kappa shape index (κ2) is 5.87. The van der Waals surface area contributed by atoms with Crippen LogP contribution in [0.15, 0.2) is 24.5 Å². The highest BCUT2D eigenvalue weighted by molar-refractivity contribution is 5.77. The molecule has 2 aliphatic heterocycles. The molecule has 4 rings (SSSR count). The first-order valence-corrected chi connectivity index (χ1v) is 8.73. The Labute approximate surface area is 137 Å². The van der Waals surface area contributed by atoms with E-state index >= 15 is 0 Å². The molecule has 3 aliphatic rings. The van der Waals surface area contributed by atoms with Crippen LogP contribution in [0.4, 0.5) is 0 Å². The second-order valence-corrected chi connectivity index (χ2v) is 7.67. The standard InChI is InChI=1S/C18H25N3O2/c22-17(23)18-12-20(8-14-2-1-3-14)10-16(18)11-21(13-18)9-15-4-6-19-7-5-15/h4-7,14,16H,1-3,8-13H2,(H,22,23)/t16-,18-/m0/s1. The molecule has 0 amide bonds. The Bertz CT molecular complexity index is 575. The molecule has 124 valence electrons. The van der Waals surface area contributed by atoms with Crippen molar-refractivity contribution in [3.63, 3.8) is 0 Å². The highest BCUT2D eigenvalue weighted by atomic mass is 16.4. The molecule has 5 heteroatoms. The van der Waals surface area contributed by atoms with E-state index in [4.69, 9.17) is 0 Å². The maximum atomic E-state index is 12.1. The Morgan fingerprint density at radius 3 is 2.52 bits per heavy atom. The molecule has 1 saturated carbocycles. The molecule has 5 nitrogen and oxygen atoms in total. The van der Waals surface area contributed by atoms with Gasteiger partial charge >= 0.3 is 5.97 Å². The average Bonchev–Trinajstić information content (AvgIpc) is 2.98. The molecule has 0 unspecified atom stereocenters. The van der Waals surface area contributed by atoms with Crippen molar-refractivity contribution < 1.29 is 9.90 Å². The largest absolute Gasteiger partial charge is 0.481 e. The summed E-state index contributed by atoms with van der Waals surface area (Å²) in [5.74, 6) is 0.477. The van der Waals surface area contributed by atoms with Crippen LogP contribution in [0.5, 0.6) is 0 Å². The van der Waals surface area contributed by atoms with Crippen LogP contribution in [0.3, 0.4) is 0 Å². The van der Waals surface area contributed by atoms with Gasteiger partial charge in [0.1, 0.15) is 0 Å². The SMILES string of the molecule is O=C(O)[C@@]12CN(Cc3ccncc3)C[C@@H]1CN(CC1CCC1)C2. The zero-order valence-electron chi connectivity index (χ0n) is 13.5. The number of carbonyl (C=O) groups is 1. The summed E-state index contributed by atoms with van der Waals surface area (Å²) < 4.78 is 0. The summed E-state index contributed by atoms with van der Waals surface area (Å²) in [5.41, 5.74) is 0.656. The van der Waals surface area contributed by atoms with Gasteiger partial charge in [0, 0.05) is 57.6 Å². The number of likely N-dealkylation sites (tertiary alicyclic amines) is 2. The van der Waals surface area contributed by atoms with Crippen LogP contribution < -0.4 is 0 Å². The maximum Gasteiger partial charge on any atom is 0.312 e. The number of fused-ring (bicyclic) bond motifs is 1. The van der Waals surface area contributed by atoms with Crippen LogP contribution in [-0.2, 0) is 11.3 Å². The van der Waals surface area contributed by atoms with Gasteiger partial charge in [-0.1, -0.05) is 6.42 Å². The Morgan fingerprint density at radius 1 is 1.22 bits per heavy atom. The summed E-state index contributed by atoms with van der Waals surface area (Å²) >= 11 is 0. The summed E-state index contributed by atoms with van der Waals surface area (Å²) in [7, 11) is 0. The summed E-state index contributed by atoms with van der Waals surface area (Å²) in [5, 5.41) is 9.92.